The monoisotopic (exact) mass is 404 g/mol. The number of aryl methyl sites for hydroxylation is 1. The van der Waals surface area contributed by atoms with E-state index in [-0.39, 0.29) is 16.8 Å². The van der Waals surface area contributed by atoms with Crippen molar-refractivity contribution in [1.82, 2.24) is 0 Å². The van der Waals surface area contributed by atoms with Gasteiger partial charge in [-0.25, -0.2) is 4.39 Å². The molecule has 158 valence electrons. The average Bonchev–Trinajstić information content (AvgIpc) is 2.59. The molecule has 1 saturated carbocycles. The van der Waals surface area contributed by atoms with E-state index in [1.54, 1.807) is 6.07 Å². The van der Waals surface area contributed by atoms with Crippen LogP contribution >= 0.6 is 0 Å². The molecule has 0 N–H and O–H groups in total. The van der Waals surface area contributed by atoms with Crippen LogP contribution < -0.4 is 0 Å². The number of hydrogen-bond acceptors (Lipinski definition) is 1. The van der Waals surface area contributed by atoms with Gasteiger partial charge in [-0.2, -0.15) is 0 Å². The molecule has 0 heterocycles. The van der Waals surface area contributed by atoms with Gasteiger partial charge in [-0.15, -0.1) is 0 Å². The van der Waals surface area contributed by atoms with Gasteiger partial charge in [-0.05, 0) is 90.2 Å². The molecule has 0 aromatic heterocycles. The van der Waals surface area contributed by atoms with Gasteiger partial charge in [0.1, 0.15) is 5.82 Å². The Balaban J connectivity index is 2.05. The molecule has 1 aromatic rings. The zero-order valence-electron chi connectivity index (χ0n) is 19.4. The SMILES string of the molecule is CC(C)[Si](O[C@@]1(C)CCC[C@]2(C)c3cc(F)ccc3CC[C@@H]12)(C(C)C)C(C)C. The molecule has 3 atom stereocenters. The van der Waals surface area contributed by atoms with Crippen LogP contribution in [0.5, 0.6) is 0 Å². The summed E-state index contributed by atoms with van der Waals surface area (Å²) >= 11 is 0. The van der Waals surface area contributed by atoms with Gasteiger partial charge in [0.2, 0.25) is 8.32 Å². The van der Waals surface area contributed by atoms with Crippen LogP contribution in [0.15, 0.2) is 18.2 Å². The summed E-state index contributed by atoms with van der Waals surface area (Å²) in [6.45, 7) is 19.1. The lowest BCUT2D eigenvalue weighted by molar-refractivity contribution is -0.0665. The predicted molar refractivity (Wildman–Crippen MR) is 120 cm³/mol. The number of rotatable bonds is 5. The Morgan fingerprint density at radius 1 is 1.00 bits per heavy atom. The average molecular weight is 405 g/mol. The lowest BCUT2D eigenvalue weighted by atomic mass is 9.53. The summed E-state index contributed by atoms with van der Waals surface area (Å²) in [5, 5.41) is 0. The molecule has 28 heavy (non-hydrogen) atoms. The molecule has 0 unspecified atom stereocenters. The van der Waals surface area contributed by atoms with Crippen molar-refractivity contribution in [1.29, 1.82) is 0 Å². The Morgan fingerprint density at radius 2 is 1.61 bits per heavy atom. The lowest BCUT2D eigenvalue weighted by Gasteiger charge is -2.59. The molecule has 1 aromatic carbocycles. The number of fused-ring (bicyclic) bond motifs is 3. The third kappa shape index (κ3) is 3.31. The maximum atomic E-state index is 14.2. The van der Waals surface area contributed by atoms with Crippen LogP contribution in [0.2, 0.25) is 16.6 Å². The molecule has 0 bridgehead atoms. The minimum absolute atomic E-state index is 0.0216. The molecule has 1 fully saturated rings. The third-order valence-corrected chi connectivity index (χ3v) is 14.6. The topological polar surface area (TPSA) is 9.23 Å². The van der Waals surface area contributed by atoms with Gasteiger partial charge in [0.25, 0.3) is 0 Å². The van der Waals surface area contributed by atoms with Crippen molar-refractivity contribution in [3.8, 4) is 0 Å². The Morgan fingerprint density at radius 3 is 2.18 bits per heavy atom. The molecular formula is C25H41FOSi. The van der Waals surface area contributed by atoms with E-state index in [9.17, 15) is 4.39 Å². The highest BCUT2D eigenvalue weighted by atomic mass is 28.4. The van der Waals surface area contributed by atoms with Gasteiger partial charge in [-0.3, -0.25) is 0 Å². The van der Waals surface area contributed by atoms with E-state index >= 15 is 0 Å². The largest absolute Gasteiger partial charge is 0.411 e. The fourth-order valence-corrected chi connectivity index (χ4v) is 13.0. The highest BCUT2D eigenvalue weighted by molar-refractivity contribution is 6.77. The first-order valence-corrected chi connectivity index (χ1v) is 13.6. The molecule has 0 radical (unpaired) electrons. The summed E-state index contributed by atoms with van der Waals surface area (Å²) < 4.78 is 21.7. The summed E-state index contributed by atoms with van der Waals surface area (Å²) in [5.74, 6) is 0.371. The Hall–Kier alpha value is -0.673. The molecular weight excluding hydrogens is 363 g/mol. The van der Waals surface area contributed by atoms with Gasteiger partial charge in [0, 0.05) is 0 Å². The second-order valence-electron chi connectivity index (χ2n) is 10.9. The van der Waals surface area contributed by atoms with Crippen molar-refractivity contribution in [2.45, 2.75) is 115 Å². The number of halogens is 1. The van der Waals surface area contributed by atoms with Gasteiger partial charge >= 0.3 is 0 Å². The molecule has 2 aliphatic carbocycles. The van der Waals surface area contributed by atoms with Crippen LogP contribution in [-0.2, 0) is 16.3 Å². The van der Waals surface area contributed by atoms with Crippen molar-refractivity contribution in [3.05, 3.63) is 35.1 Å². The smallest absolute Gasteiger partial charge is 0.201 e. The maximum absolute atomic E-state index is 14.2. The molecule has 0 aliphatic heterocycles. The standard InChI is InChI=1S/C25H41FOSi/c1-17(2)28(18(3)4,19(5)6)27-25(8)15-9-14-24(7)22-16-21(26)12-10-20(22)11-13-23(24)25/h10,12,16-19,23H,9,11,13-15H2,1-8H3/t23-,24-,25+/m1/s1. The minimum Gasteiger partial charge on any atom is -0.411 e. The van der Waals surface area contributed by atoms with E-state index in [0.717, 1.165) is 32.1 Å². The first kappa shape index (κ1) is 22.0. The van der Waals surface area contributed by atoms with Crippen LogP contribution in [0.25, 0.3) is 0 Å². The Bertz CT molecular complexity index is 691. The summed E-state index contributed by atoms with van der Waals surface area (Å²) in [5.41, 5.74) is 4.28. The van der Waals surface area contributed by atoms with Crippen LogP contribution in [0, 0.1) is 11.7 Å². The second kappa shape index (κ2) is 7.54. The van der Waals surface area contributed by atoms with E-state index in [4.69, 9.17) is 4.43 Å². The summed E-state index contributed by atoms with van der Waals surface area (Å²) in [7, 11) is -1.97. The molecule has 2 aliphatic rings. The maximum Gasteiger partial charge on any atom is 0.201 e. The normalized spacial score (nSPS) is 30.6. The lowest BCUT2D eigenvalue weighted by Crippen LogP contribution is -2.61. The van der Waals surface area contributed by atoms with Gasteiger partial charge < -0.3 is 4.43 Å². The minimum atomic E-state index is -1.97. The van der Waals surface area contributed by atoms with Crippen molar-refractivity contribution in [3.63, 3.8) is 0 Å². The highest BCUT2D eigenvalue weighted by Crippen LogP contribution is 2.57. The van der Waals surface area contributed by atoms with Crippen molar-refractivity contribution in [2.75, 3.05) is 0 Å². The third-order valence-electron chi connectivity index (χ3n) is 8.38. The molecule has 0 amide bonds. The summed E-state index contributed by atoms with van der Waals surface area (Å²) in [6.07, 6.45) is 5.66. The quantitative estimate of drug-likeness (QED) is 0.455. The van der Waals surface area contributed by atoms with Crippen LogP contribution in [0.4, 0.5) is 4.39 Å². The Kier molecular flexibility index (Phi) is 5.93. The molecule has 1 nitrogen and oxygen atoms in total. The Labute approximate surface area is 173 Å². The second-order valence-corrected chi connectivity index (χ2v) is 16.3. The zero-order chi connectivity index (χ0) is 20.9. The highest BCUT2D eigenvalue weighted by Gasteiger charge is 2.57. The van der Waals surface area contributed by atoms with Crippen LogP contribution in [0.3, 0.4) is 0 Å². The van der Waals surface area contributed by atoms with Crippen LogP contribution in [-0.4, -0.2) is 13.9 Å². The first-order valence-electron chi connectivity index (χ1n) is 11.5. The van der Waals surface area contributed by atoms with Gasteiger partial charge in [0.15, 0.2) is 0 Å². The first-order chi connectivity index (χ1) is 13.0. The zero-order valence-corrected chi connectivity index (χ0v) is 20.4. The molecule has 0 saturated heterocycles. The van der Waals surface area contributed by atoms with Crippen molar-refractivity contribution >= 4 is 8.32 Å². The van der Waals surface area contributed by atoms with Crippen molar-refractivity contribution < 1.29 is 8.82 Å². The van der Waals surface area contributed by atoms with E-state index < -0.39 is 8.32 Å². The fourth-order valence-electron chi connectivity index (χ4n) is 7.25. The molecule has 3 rings (SSSR count). The molecule has 0 spiro atoms. The van der Waals surface area contributed by atoms with E-state index in [2.05, 4.69) is 55.4 Å². The number of benzene rings is 1. The van der Waals surface area contributed by atoms with E-state index in [0.29, 0.717) is 22.5 Å². The van der Waals surface area contributed by atoms with E-state index in [1.807, 2.05) is 12.1 Å². The predicted octanol–water partition coefficient (Wildman–Crippen LogP) is 7.78. The molecule has 3 heteroatoms. The van der Waals surface area contributed by atoms with E-state index in [1.165, 1.54) is 11.1 Å². The van der Waals surface area contributed by atoms with Gasteiger partial charge in [-0.1, -0.05) is 54.5 Å². The number of hydrogen-bond donors (Lipinski definition) is 0. The fraction of sp³-hybridized carbons (Fsp3) is 0.760. The summed E-state index contributed by atoms with van der Waals surface area (Å²) in [4.78, 5) is 0. The van der Waals surface area contributed by atoms with Crippen LogP contribution in [0.1, 0.15) is 92.2 Å². The summed E-state index contributed by atoms with van der Waals surface area (Å²) in [6, 6.07) is 5.48. The van der Waals surface area contributed by atoms with Gasteiger partial charge in [0.05, 0.1) is 5.60 Å². The van der Waals surface area contributed by atoms with Crippen molar-refractivity contribution in [2.24, 2.45) is 5.92 Å².